The second-order valence-electron chi connectivity index (χ2n) is 4.65. The van der Waals surface area contributed by atoms with E-state index in [4.69, 9.17) is 4.74 Å². The van der Waals surface area contributed by atoms with Gasteiger partial charge in [0.2, 0.25) is 0 Å². The van der Waals surface area contributed by atoms with Crippen molar-refractivity contribution in [3.05, 3.63) is 79.4 Å². The number of hydrogen-bond acceptors (Lipinski definition) is 2. The summed E-state index contributed by atoms with van der Waals surface area (Å²) in [5.41, 5.74) is 1.90. The Hall–Kier alpha value is -2.87. The van der Waals surface area contributed by atoms with Crippen LogP contribution in [0, 0.1) is 0 Å². The number of rotatable bonds is 3. The first-order valence-electron chi connectivity index (χ1n) is 6.71. The maximum atomic E-state index is 11.7. The molecule has 0 unspecified atom stereocenters. The fourth-order valence-electron chi connectivity index (χ4n) is 2.34. The van der Waals surface area contributed by atoms with Crippen molar-refractivity contribution in [2.45, 2.75) is 0 Å². The zero-order chi connectivity index (χ0) is 14.7. The van der Waals surface area contributed by atoms with E-state index in [9.17, 15) is 4.79 Å². The number of carbonyl (C=O) groups excluding carboxylic acids is 1. The third-order valence-electron chi connectivity index (χ3n) is 3.33. The smallest absolute Gasteiger partial charge is 0.335 e. The van der Waals surface area contributed by atoms with Crippen LogP contribution in [-0.4, -0.2) is 5.97 Å². The zero-order valence-corrected chi connectivity index (χ0v) is 11.5. The average molecular weight is 274 g/mol. The van der Waals surface area contributed by atoms with Crippen molar-refractivity contribution >= 4 is 16.7 Å². The lowest BCUT2D eigenvalue weighted by Crippen LogP contribution is -2.04. The third-order valence-corrected chi connectivity index (χ3v) is 3.33. The fourth-order valence-corrected chi connectivity index (χ4v) is 2.34. The van der Waals surface area contributed by atoms with E-state index in [0.29, 0.717) is 5.75 Å². The molecule has 0 amide bonds. The maximum absolute atomic E-state index is 11.7. The summed E-state index contributed by atoms with van der Waals surface area (Å²) in [7, 11) is 0. The van der Waals surface area contributed by atoms with Gasteiger partial charge in [0.1, 0.15) is 5.75 Å². The Kier molecular flexibility index (Phi) is 3.52. The van der Waals surface area contributed by atoms with E-state index in [-0.39, 0.29) is 0 Å². The lowest BCUT2D eigenvalue weighted by atomic mass is 9.99. The van der Waals surface area contributed by atoms with Crippen LogP contribution in [0.15, 0.2) is 79.4 Å². The quantitative estimate of drug-likeness (QED) is 0.396. The summed E-state index contributed by atoms with van der Waals surface area (Å²) in [6.45, 7) is 3.46. The molecule has 3 aromatic rings. The van der Waals surface area contributed by atoms with Crippen LogP contribution in [0.5, 0.6) is 5.75 Å². The van der Waals surface area contributed by atoms with E-state index in [1.165, 1.54) is 6.08 Å². The molecule has 0 heterocycles. The van der Waals surface area contributed by atoms with Crippen LogP contribution >= 0.6 is 0 Å². The van der Waals surface area contributed by atoms with Crippen LogP contribution in [0.2, 0.25) is 0 Å². The molecule has 0 bridgehead atoms. The van der Waals surface area contributed by atoms with E-state index < -0.39 is 5.97 Å². The molecule has 0 saturated heterocycles. The lowest BCUT2D eigenvalue weighted by Gasteiger charge is -2.12. The number of ether oxygens (including phenoxy) is 1. The van der Waals surface area contributed by atoms with Crippen LogP contribution in [0.1, 0.15) is 0 Å². The molecule has 0 aliphatic carbocycles. The van der Waals surface area contributed by atoms with Gasteiger partial charge >= 0.3 is 5.97 Å². The minimum Gasteiger partial charge on any atom is -0.422 e. The number of hydrogen-bond donors (Lipinski definition) is 0. The Balaban J connectivity index is 2.26. The molecule has 0 saturated carbocycles. The van der Waals surface area contributed by atoms with Crippen molar-refractivity contribution in [1.29, 1.82) is 0 Å². The van der Waals surface area contributed by atoms with E-state index in [0.717, 1.165) is 21.9 Å². The molecule has 3 rings (SSSR count). The number of fused-ring (bicyclic) bond motifs is 1. The van der Waals surface area contributed by atoms with Crippen molar-refractivity contribution in [1.82, 2.24) is 0 Å². The summed E-state index contributed by atoms with van der Waals surface area (Å²) in [6.07, 6.45) is 1.18. The molecule has 21 heavy (non-hydrogen) atoms. The molecule has 0 aliphatic rings. The second kappa shape index (κ2) is 5.63. The molecule has 0 aliphatic heterocycles. The molecule has 0 atom stereocenters. The average Bonchev–Trinajstić information content (AvgIpc) is 2.56. The van der Waals surface area contributed by atoms with Gasteiger partial charge in [0.15, 0.2) is 0 Å². The van der Waals surface area contributed by atoms with Crippen molar-refractivity contribution in [2.24, 2.45) is 0 Å². The predicted octanol–water partition coefficient (Wildman–Crippen LogP) is 4.60. The van der Waals surface area contributed by atoms with E-state index in [1.807, 2.05) is 66.7 Å². The molecule has 0 spiro atoms. The largest absolute Gasteiger partial charge is 0.422 e. The van der Waals surface area contributed by atoms with Crippen molar-refractivity contribution in [3.63, 3.8) is 0 Å². The molecule has 0 aromatic heterocycles. The summed E-state index contributed by atoms with van der Waals surface area (Å²) in [4.78, 5) is 11.7. The van der Waals surface area contributed by atoms with E-state index in [1.54, 1.807) is 0 Å². The van der Waals surface area contributed by atoms with Gasteiger partial charge in [-0.25, -0.2) is 4.79 Å². The molecule has 2 heteroatoms. The van der Waals surface area contributed by atoms with Gasteiger partial charge in [-0.05, 0) is 17.0 Å². The van der Waals surface area contributed by atoms with Gasteiger partial charge in [-0.1, -0.05) is 67.2 Å². The van der Waals surface area contributed by atoms with Crippen molar-refractivity contribution < 1.29 is 9.53 Å². The summed E-state index contributed by atoms with van der Waals surface area (Å²) < 4.78 is 5.51. The highest BCUT2D eigenvalue weighted by Crippen LogP contribution is 2.36. The standard InChI is InChI=1S/C19H14O2/c1-2-18(20)21-19-16-11-7-6-10-15(16)12-13-17(19)14-8-4-3-5-9-14/h2-13H,1H2. The van der Waals surface area contributed by atoms with Gasteiger partial charge in [-0.2, -0.15) is 0 Å². The van der Waals surface area contributed by atoms with Crippen molar-refractivity contribution in [3.8, 4) is 16.9 Å². The van der Waals surface area contributed by atoms with Crippen LogP contribution in [-0.2, 0) is 4.79 Å². The Bertz CT molecular complexity index is 804. The minimum atomic E-state index is -0.455. The first-order valence-corrected chi connectivity index (χ1v) is 6.71. The van der Waals surface area contributed by atoms with Gasteiger partial charge in [0.25, 0.3) is 0 Å². The summed E-state index contributed by atoms with van der Waals surface area (Å²) >= 11 is 0. The maximum Gasteiger partial charge on any atom is 0.335 e. The summed E-state index contributed by atoms with van der Waals surface area (Å²) in [5.74, 6) is 0.118. The number of esters is 1. The Morgan fingerprint density at radius 3 is 2.38 bits per heavy atom. The molecule has 102 valence electrons. The highest BCUT2D eigenvalue weighted by molar-refractivity contribution is 5.98. The molecule has 3 aromatic carbocycles. The van der Waals surface area contributed by atoms with Gasteiger partial charge in [-0.3, -0.25) is 0 Å². The van der Waals surface area contributed by atoms with Crippen LogP contribution in [0.3, 0.4) is 0 Å². The number of carbonyl (C=O) groups is 1. The molecule has 2 nitrogen and oxygen atoms in total. The third kappa shape index (κ3) is 2.56. The molecular weight excluding hydrogens is 260 g/mol. The number of benzene rings is 3. The second-order valence-corrected chi connectivity index (χ2v) is 4.65. The van der Waals surface area contributed by atoms with E-state index in [2.05, 4.69) is 6.58 Å². The minimum absolute atomic E-state index is 0.455. The first-order chi connectivity index (χ1) is 10.3. The predicted molar refractivity (Wildman–Crippen MR) is 85.2 cm³/mol. The Morgan fingerprint density at radius 1 is 0.905 bits per heavy atom. The molecular formula is C19H14O2. The highest BCUT2D eigenvalue weighted by Gasteiger charge is 2.13. The summed E-state index contributed by atoms with van der Waals surface area (Å²) in [5, 5.41) is 1.94. The monoisotopic (exact) mass is 274 g/mol. The van der Waals surface area contributed by atoms with Gasteiger partial charge in [0, 0.05) is 17.0 Å². The normalized spacial score (nSPS) is 10.3. The first kappa shape index (κ1) is 13.1. The van der Waals surface area contributed by atoms with Crippen LogP contribution < -0.4 is 4.74 Å². The molecule has 0 fully saturated rings. The Morgan fingerprint density at radius 2 is 1.62 bits per heavy atom. The van der Waals surface area contributed by atoms with Crippen LogP contribution in [0.4, 0.5) is 0 Å². The lowest BCUT2D eigenvalue weighted by molar-refractivity contribution is -0.128. The van der Waals surface area contributed by atoms with Gasteiger partial charge in [0.05, 0.1) is 0 Å². The zero-order valence-electron chi connectivity index (χ0n) is 11.5. The summed E-state index contributed by atoms with van der Waals surface area (Å²) in [6, 6.07) is 21.7. The highest BCUT2D eigenvalue weighted by atomic mass is 16.5. The molecule has 0 N–H and O–H groups in total. The van der Waals surface area contributed by atoms with E-state index >= 15 is 0 Å². The van der Waals surface area contributed by atoms with Gasteiger partial charge < -0.3 is 4.74 Å². The topological polar surface area (TPSA) is 26.3 Å². The fraction of sp³-hybridized carbons (Fsp3) is 0. The molecule has 0 radical (unpaired) electrons. The Labute approximate surface area is 123 Å². The van der Waals surface area contributed by atoms with Crippen molar-refractivity contribution in [2.75, 3.05) is 0 Å². The SMILES string of the molecule is C=CC(=O)Oc1c(-c2ccccc2)ccc2ccccc12. The van der Waals surface area contributed by atoms with Crippen LogP contribution in [0.25, 0.3) is 21.9 Å². The van der Waals surface area contributed by atoms with Gasteiger partial charge in [-0.15, -0.1) is 0 Å².